The maximum Gasteiger partial charge on any atom is 0.230 e. The van der Waals surface area contributed by atoms with E-state index in [1.807, 2.05) is 53.4 Å². The molecule has 0 unspecified atom stereocenters. The van der Waals surface area contributed by atoms with Crippen LogP contribution in [0, 0.1) is 0 Å². The third-order valence-electron chi connectivity index (χ3n) is 3.62. The Labute approximate surface area is 117 Å². The summed E-state index contributed by atoms with van der Waals surface area (Å²) < 4.78 is 5.13. The predicted octanol–water partition coefficient (Wildman–Crippen LogP) is 2.76. The lowest BCUT2D eigenvalue weighted by molar-refractivity contribution is -0.124. The third kappa shape index (κ3) is 2.09. The average Bonchev–Trinajstić information content (AvgIpc) is 2.46. The molecule has 2 N–H and O–H groups in total. The number of ether oxygens (including phenoxy) is 1. The molecule has 0 bridgehead atoms. The van der Waals surface area contributed by atoms with Gasteiger partial charge >= 0.3 is 0 Å². The number of benzene rings is 2. The molecule has 4 heteroatoms. The number of rotatable bonds is 3. The predicted molar refractivity (Wildman–Crippen MR) is 78.7 cm³/mol. The molecule has 0 spiro atoms. The van der Waals surface area contributed by atoms with Gasteiger partial charge in [-0.25, -0.2) is 0 Å². The maximum atomic E-state index is 11.9. The van der Waals surface area contributed by atoms with E-state index in [0.717, 1.165) is 22.7 Å². The van der Waals surface area contributed by atoms with E-state index in [1.165, 1.54) is 0 Å². The van der Waals surface area contributed by atoms with Crippen molar-refractivity contribution in [2.45, 2.75) is 12.5 Å². The Morgan fingerprint density at radius 3 is 2.30 bits per heavy atom. The highest BCUT2D eigenvalue weighted by atomic mass is 16.5. The Bertz CT molecular complexity index is 620. The SMILES string of the molecule is COc1ccc(N2C(=O)C[C@H]2c2ccc(N)cc2)cc1. The number of amides is 1. The number of nitrogens with zero attached hydrogens (tertiary/aromatic N) is 1. The van der Waals surface area contributed by atoms with Crippen LogP contribution in [0.3, 0.4) is 0 Å². The summed E-state index contributed by atoms with van der Waals surface area (Å²) in [4.78, 5) is 13.7. The van der Waals surface area contributed by atoms with Crippen LogP contribution in [0.25, 0.3) is 0 Å². The van der Waals surface area contributed by atoms with E-state index in [4.69, 9.17) is 10.5 Å². The van der Waals surface area contributed by atoms with Gasteiger partial charge in [-0.3, -0.25) is 4.79 Å². The van der Waals surface area contributed by atoms with E-state index in [-0.39, 0.29) is 11.9 Å². The Kier molecular flexibility index (Phi) is 3.06. The van der Waals surface area contributed by atoms with E-state index >= 15 is 0 Å². The van der Waals surface area contributed by atoms with Crippen LogP contribution < -0.4 is 15.4 Å². The summed E-state index contributed by atoms with van der Waals surface area (Å²) in [5.74, 6) is 0.919. The number of hydrogen-bond acceptors (Lipinski definition) is 3. The monoisotopic (exact) mass is 268 g/mol. The van der Waals surface area contributed by atoms with Gasteiger partial charge in [-0.2, -0.15) is 0 Å². The van der Waals surface area contributed by atoms with Crippen molar-refractivity contribution in [3.63, 3.8) is 0 Å². The number of β-lactam (4-membered cyclic amide) rings is 1. The van der Waals surface area contributed by atoms with Crippen LogP contribution >= 0.6 is 0 Å². The summed E-state index contributed by atoms with van der Waals surface area (Å²) in [6.45, 7) is 0. The molecule has 1 atom stereocenters. The van der Waals surface area contributed by atoms with Gasteiger partial charge in [0.15, 0.2) is 0 Å². The Hall–Kier alpha value is -2.49. The molecule has 0 saturated carbocycles. The topological polar surface area (TPSA) is 55.6 Å². The Morgan fingerprint density at radius 1 is 1.10 bits per heavy atom. The zero-order valence-corrected chi connectivity index (χ0v) is 11.2. The lowest BCUT2D eigenvalue weighted by atomic mass is 9.93. The van der Waals surface area contributed by atoms with Gasteiger partial charge in [0.2, 0.25) is 5.91 Å². The quantitative estimate of drug-likeness (QED) is 0.688. The number of anilines is 2. The highest BCUT2D eigenvalue weighted by Gasteiger charge is 2.38. The van der Waals surface area contributed by atoms with Crippen molar-refractivity contribution < 1.29 is 9.53 Å². The van der Waals surface area contributed by atoms with Crippen LogP contribution in [0.2, 0.25) is 0 Å². The van der Waals surface area contributed by atoms with E-state index in [9.17, 15) is 4.79 Å². The van der Waals surface area contributed by atoms with Gasteiger partial charge in [-0.1, -0.05) is 12.1 Å². The van der Waals surface area contributed by atoms with Crippen molar-refractivity contribution in [3.8, 4) is 5.75 Å². The molecule has 0 aliphatic carbocycles. The fourth-order valence-corrected chi connectivity index (χ4v) is 2.47. The molecule has 1 fully saturated rings. The lowest BCUT2D eigenvalue weighted by Gasteiger charge is -2.40. The lowest BCUT2D eigenvalue weighted by Crippen LogP contribution is -2.46. The zero-order chi connectivity index (χ0) is 14.1. The molecule has 3 rings (SSSR count). The van der Waals surface area contributed by atoms with Gasteiger partial charge in [-0.15, -0.1) is 0 Å². The Balaban J connectivity index is 1.87. The largest absolute Gasteiger partial charge is 0.497 e. The fraction of sp³-hybridized carbons (Fsp3) is 0.188. The summed E-state index contributed by atoms with van der Waals surface area (Å²) in [5, 5.41) is 0. The third-order valence-corrected chi connectivity index (χ3v) is 3.62. The van der Waals surface area contributed by atoms with E-state index in [1.54, 1.807) is 7.11 Å². The van der Waals surface area contributed by atoms with Crippen LogP contribution in [-0.2, 0) is 4.79 Å². The second-order valence-corrected chi connectivity index (χ2v) is 4.85. The molecule has 20 heavy (non-hydrogen) atoms. The van der Waals surface area contributed by atoms with Crippen molar-refractivity contribution in [2.75, 3.05) is 17.7 Å². The first-order valence-corrected chi connectivity index (χ1v) is 6.50. The number of hydrogen-bond donors (Lipinski definition) is 1. The van der Waals surface area contributed by atoms with Crippen molar-refractivity contribution in [1.29, 1.82) is 0 Å². The van der Waals surface area contributed by atoms with Gasteiger partial charge in [0.25, 0.3) is 0 Å². The van der Waals surface area contributed by atoms with Gasteiger partial charge in [-0.05, 0) is 42.0 Å². The van der Waals surface area contributed by atoms with Crippen molar-refractivity contribution >= 4 is 17.3 Å². The molecule has 1 saturated heterocycles. The van der Waals surface area contributed by atoms with E-state index in [2.05, 4.69) is 0 Å². The second-order valence-electron chi connectivity index (χ2n) is 4.85. The van der Waals surface area contributed by atoms with E-state index < -0.39 is 0 Å². The van der Waals surface area contributed by atoms with Crippen LogP contribution in [0.5, 0.6) is 5.75 Å². The van der Waals surface area contributed by atoms with Gasteiger partial charge in [0.1, 0.15) is 5.75 Å². The smallest absolute Gasteiger partial charge is 0.230 e. The van der Waals surface area contributed by atoms with Gasteiger partial charge in [0.05, 0.1) is 19.6 Å². The first-order chi connectivity index (χ1) is 9.69. The molecule has 1 heterocycles. The number of nitrogens with two attached hydrogens (primary N) is 1. The van der Waals surface area contributed by atoms with Crippen LogP contribution in [0.1, 0.15) is 18.0 Å². The summed E-state index contributed by atoms with van der Waals surface area (Å²) in [6, 6.07) is 15.3. The Morgan fingerprint density at radius 2 is 1.75 bits per heavy atom. The van der Waals surface area contributed by atoms with Gasteiger partial charge < -0.3 is 15.4 Å². The number of nitrogen functional groups attached to an aromatic ring is 1. The standard InChI is InChI=1S/C16H16N2O2/c1-20-14-8-6-13(7-9-14)18-15(10-16(18)19)11-2-4-12(17)5-3-11/h2-9,15H,10,17H2,1H3/t15-/m0/s1. The fourth-order valence-electron chi connectivity index (χ4n) is 2.47. The molecule has 0 radical (unpaired) electrons. The molecule has 102 valence electrons. The molecule has 2 aromatic carbocycles. The van der Waals surface area contributed by atoms with Gasteiger partial charge in [0, 0.05) is 11.4 Å². The van der Waals surface area contributed by atoms with Crippen LogP contribution in [0.4, 0.5) is 11.4 Å². The minimum absolute atomic E-state index is 0.0940. The molecule has 2 aromatic rings. The minimum atomic E-state index is 0.0940. The van der Waals surface area contributed by atoms with Crippen molar-refractivity contribution in [2.24, 2.45) is 0 Å². The minimum Gasteiger partial charge on any atom is -0.497 e. The highest BCUT2D eigenvalue weighted by molar-refractivity contribution is 6.01. The molecule has 4 nitrogen and oxygen atoms in total. The number of methoxy groups -OCH3 is 1. The average molecular weight is 268 g/mol. The molecule has 0 aromatic heterocycles. The van der Waals surface area contributed by atoms with Crippen molar-refractivity contribution in [1.82, 2.24) is 0 Å². The highest BCUT2D eigenvalue weighted by Crippen LogP contribution is 2.39. The zero-order valence-electron chi connectivity index (χ0n) is 11.2. The van der Waals surface area contributed by atoms with Crippen LogP contribution in [0.15, 0.2) is 48.5 Å². The first-order valence-electron chi connectivity index (χ1n) is 6.50. The molecule has 1 amide bonds. The molecular weight excluding hydrogens is 252 g/mol. The summed E-state index contributed by atoms with van der Waals surface area (Å²) >= 11 is 0. The maximum absolute atomic E-state index is 11.9. The first kappa shape index (κ1) is 12.5. The van der Waals surface area contributed by atoms with Crippen molar-refractivity contribution in [3.05, 3.63) is 54.1 Å². The summed E-state index contributed by atoms with van der Waals surface area (Å²) in [5.41, 5.74) is 8.43. The van der Waals surface area contributed by atoms with E-state index in [0.29, 0.717) is 6.42 Å². The summed E-state index contributed by atoms with van der Waals surface area (Å²) in [6.07, 6.45) is 0.538. The second kappa shape index (κ2) is 4.89. The number of carbonyl (C=O) groups excluding carboxylic acids is 1. The normalized spacial score (nSPS) is 17.8. The summed E-state index contributed by atoms with van der Waals surface area (Å²) in [7, 11) is 1.63. The molecule has 1 aliphatic rings. The molecule has 1 aliphatic heterocycles. The number of carbonyl (C=O) groups is 1. The molecular formula is C16H16N2O2. The van der Waals surface area contributed by atoms with Crippen LogP contribution in [-0.4, -0.2) is 13.0 Å².